The first-order valence-corrected chi connectivity index (χ1v) is 18.6. The fourth-order valence-corrected chi connectivity index (χ4v) is 7.15. The van der Waals surface area contributed by atoms with Gasteiger partial charge in [0.1, 0.15) is 23.7 Å². The van der Waals surface area contributed by atoms with Crippen molar-refractivity contribution in [1.29, 1.82) is 0 Å². The highest BCUT2D eigenvalue weighted by molar-refractivity contribution is 5.88. The number of hydrogen-bond donors (Lipinski definition) is 4. The summed E-state index contributed by atoms with van der Waals surface area (Å²) in [7, 11) is 5.45. The molecule has 4 amide bonds. The van der Waals surface area contributed by atoms with Crippen LogP contribution in [0, 0.1) is 11.8 Å². The van der Waals surface area contributed by atoms with Gasteiger partial charge in [-0.05, 0) is 69.0 Å². The maximum Gasteiger partial charge on any atom is 0.407 e. The van der Waals surface area contributed by atoms with Crippen LogP contribution in [0.4, 0.5) is 9.59 Å². The highest BCUT2D eigenvalue weighted by Gasteiger charge is 2.41. The lowest BCUT2D eigenvalue weighted by atomic mass is 10.1. The van der Waals surface area contributed by atoms with E-state index in [0.717, 1.165) is 51.8 Å². The first-order valence-electron chi connectivity index (χ1n) is 18.6. The molecule has 4 aromatic rings. The molecule has 0 saturated carbocycles. The molecule has 2 aliphatic rings. The second kappa shape index (κ2) is 17.7. The predicted molar refractivity (Wildman–Crippen MR) is 210 cm³/mol. The van der Waals surface area contributed by atoms with Crippen molar-refractivity contribution in [1.82, 2.24) is 40.4 Å². The van der Waals surface area contributed by atoms with Crippen LogP contribution in [0.3, 0.4) is 0 Å². The molecule has 0 spiro atoms. The van der Waals surface area contributed by atoms with Crippen molar-refractivity contribution in [2.24, 2.45) is 0 Å². The minimum atomic E-state index is -0.958. The van der Waals surface area contributed by atoms with Gasteiger partial charge in [0.2, 0.25) is 11.8 Å². The van der Waals surface area contributed by atoms with E-state index >= 15 is 0 Å². The third-order valence-corrected chi connectivity index (χ3v) is 10.5. The summed E-state index contributed by atoms with van der Waals surface area (Å²) in [5.74, 6) is 7.15. The standard InChI is InChI=1S/C41H48N8O8/c1-23-19-33(49(22-23)39(51)35(25(3)55-5)47-41(53)57-7)36-42-21-31(45-36)28-15-12-26(13-16-28)10-11-27-14-17-29-30(20-27)44-37(43-29)32-9-8-18-48(32)38(50)34(24(2)54-4)46-40(52)56-6/h12-17,20-21,24-25,32-35H,1,8-9,18-19,22H2,2-7H3,(H,42,45)(H,43,44)(H,46,52)(H,47,53)/t24-,25+,32-,33-,34-,35-/m0/s1. The number of hydrogen-bond acceptors (Lipinski definition) is 10. The van der Waals surface area contributed by atoms with Gasteiger partial charge in [-0.25, -0.2) is 19.6 Å². The quantitative estimate of drug-likeness (QED) is 0.126. The molecule has 6 rings (SSSR count). The fourth-order valence-electron chi connectivity index (χ4n) is 7.15. The molecule has 4 N–H and O–H groups in total. The molecule has 2 aliphatic heterocycles. The molecular weight excluding hydrogens is 732 g/mol. The van der Waals surface area contributed by atoms with E-state index in [1.807, 2.05) is 42.5 Å². The Balaban J connectivity index is 1.14. The van der Waals surface area contributed by atoms with E-state index in [1.54, 1.807) is 29.8 Å². The molecule has 57 heavy (non-hydrogen) atoms. The van der Waals surface area contributed by atoms with Crippen molar-refractivity contribution in [2.45, 2.75) is 69.5 Å². The Morgan fingerprint density at radius 3 is 2.07 bits per heavy atom. The molecule has 0 radical (unpaired) electrons. The Morgan fingerprint density at radius 1 is 0.825 bits per heavy atom. The van der Waals surface area contributed by atoms with Crippen LogP contribution < -0.4 is 10.6 Å². The highest BCUT2D eigenvalue weighted by Crippen LogP contribution is 2.35. The predicted octanol–water partition coefficient (Wildman–Crippen LogP) is 4.36. The second-order valence-corrected chi connectivity index (χ2v) is 14.1. The van der Waals surface area contributed by atoms with Crippen LogP contribution in [0.1, 0.15) is 68.0 Å². The summed E-state index contributed by atoms with van der Waals surface area (Å²) in [5, 5.41) is 5.21. The summed E-state index contributed by atoms with van der Waals surface area (Å²) < 4.78 is 20.3. The minimum absolute atomic E-state index is 0.264. The molecule has 2 fully saturated rings. The number of nitrogens with zero attached hydrogens (tertiary/aromatic N) is 4. The number of nitrogens with one attached hydrogen (secondary N) is 4. The smallest absolute Gasteiger partial charge is 0.407 e. The van der Waals surface area contributed by atoms with E-state index in [9.17, 15) is 19.2 Å². The number of fused-ring (bicyclic) bond motifs is 1. The van der Waals surface area contributed by atoms with Crippen molar-refractivity contribution in [3.8, 4) is 23.1 Å². The number of alkyl carbamates (subject to hydrolysis) is 2. The topological polar surface area (TPSA) is 193 Å². The van der Waals surface area contributed by atoms with Crippen molar-refractivity contribution in [3.63, 3.8) is 0 Å². The van der Waals surface area contributed by atoms with E-state index in [0.29, 0.717) is 31.2 Å². The number of H-pyrrole nitrogens is 2. The SMILES string of the molecule is C=C1C[C@@H](c2ncc(-c3ccc(C#Cc4ccc5nc([C@@H]6CCCN6C(=O)[C@@H](NC(=O)OC)[C@H](C)OC)[nH]c5c4)cc3)[nH]2)N(C(=O)[C@@H](NC(=O)OC)[C@@H](C)OC)C1. The zero-order valence-electron chi connectivity index (χ0n) is 32.9. The van der Waals surface area contributed by atoms with Gasteiger partial charge < -0.3 is 49.3 Å². The average molecular weight is 781 g/mol. The number of benzene rings is 2. The van der Waals surface area contributed by atoms with Crippen LogP contribution in [-0.4, -0.2) is 120 Å². The molecule has 6 atom stereocenters. The van der Waals surface area contributed by atoms with Gasteiger partial charge in [0.15, 0.2) is 0 Å². The number of likely N-dealkylation sites (tertiary alicyclic amines) is 2. The molecule has 300 valence electrons. The molecule has 4 heterocycles. The Kier molecular flexibility index (Phi) is 12.6. The van der Waals surface area contributed by atoms with Gasteiger partial charge in [-0.3, -0.25) is 9.59 Å². The summed E-state index contributed by atoms with van der Waals surface area (Å²) in [6.45, 7) is 8.39. The minimum Gasteiger partial charge on any atom is -0.453 e. The van der Waals surface area contributed by atoms with Crippen LogP contribution in [0.25, 0.3) is 22.3 Å². The van der Waals surface area contributed by atoms with E-state index in [2.05, 4.69) is 44.0 Å². The monoisotopic (exact) mass is 780 g/mol. The molecular formula is C41H48N8O8. The lowest BCUT2D eigenvalue weighted by molar-refractivity contribution is -0.138. The largest absolute Gasteiger partial charge is 0.453 e. The van der Waals surface area contributed by atoms with Gasteiger partial charge in [-0.15, -0.1) is 0 Å². The van der Waals surface area contributed by atoms with Crippen LogP contribution in [0.5, 0.6) is 0 Å². The van der Waals surface area contributed by atoms with Gasteiger partial charge in [-0.1, -0.05) is 36.1 Å². The van der Waals surface area contributed by atoms with E-state index in [-0.39, 0.29) is 17.9 Å². The van der Waals surface area contributed by atoms with Crippen LogP contribution >= 0.6 is 0 Å². The van der Waals surface area contributed by atoms with Gasteiger partial charge in [0.25, 0.3) is 0 Å². The average Bonchev–Trinajstić information content (AvgIpc) is 4.06. The number of aromatic amines is 2. The third kappa shape index (κ3) is 8.95. The first-order chi connectivity index (χ1) is 27.4. The van der Waals surface area contributed by atoms with E-state index in [1.165, 1.54) is 28.4 Å². The normalized spacial score (nSPS) is 18.7. The molecule has 0 bridgehead atoms. The molecule has 16 nitrogen and oxygen atoms in total. The first kappa shape index (κ1) is 40.5. The van der Waals surface area contributed by atoms with E-state index < -0.39 is 42.5 Å². The van der Waals surface area contributed by atoms with Crippen molar-refractivity contribution < 1.29 is 38.1 Å². The summed E-state index contributed by atoms with van der Waals surface area (Å²) in [4.78, 5) is 70.9. The Labute approximate surface area is 330 Å². The lowest BCUT2D eigenvalue weighted by Crippen LogP contribution is -2.54. The van der Waals surface area contributed by atoms with Gasteiger partial charge in [-0.2, -0.15) is 0 Å². The number of carbonyl (C=O) groups excluding carboxylic acids is 4. The molecule has 0 aliphatic carbocycles. The van der Waals surface area contributed by atoms with Crippen molar-refractivity contribution in [2.75, 3.05) is 41.5 Å². The van der Waals surface area contributed by atoms with Crippen LogP contribution in [0.2, 0.25) is 0 Å². The zero-order chi connectivity index (χ0) is 40.8. The fraction of sp³-hybridized carbons (Fsp3) is 0.415. The second-order valence-electron chi connectivity index (χ2n) is 14.1. The molecule has 2 aromatic carbocycles. The number of amides is 4. The number of imidazole rings is 2. The lowest BCUT2D eigenvalue weighted by Gasteiger charge is -2.30. The Bertz CT molecular complexity index is 2190. The van der Waals surface area contributed by atoms with E-state index in [4.69, 9.17) is 23.9 Å². The summed E-state index contributed by atoms with van der Waals surface area (Å²) >= 11 is 0. The van der Waals surface area contributed by atoms with Crippen LogP contribution in [-0.2, 0) is 28.5 Å². The number of rotatable bonds is 11. The highest BCUT2D eigenvalue weighted by atomic mass is 16.5. The van der Waals surface area contributed by atoms with Crippen molar-refractivity contribution >= 4 is 35.0 Å². The number of carbonyl (C=O) groups is 4. The van der Waals surface area contributed by atoms with Crippen molar-refractivity contribution in [3.05, 3.63) is 83.6 Å². The number of aromatic nitrogens is 4. The maximum atomic E-state index is 13.7. The maximum absolute atomic E-state index is 13.7. The van der Waals surface area contributed by atoms with Gasteiger partial charge in [0.05, 0.1) is 61.4 Å². The Morgan fingerprint density at radius 2 is 1.44 bits per heavy atom. The molecule has 16 heteroatoms. The molecule has 2 saturated heterocycles. The van der Waals surface area contributed by atoms with Crippen LogP contribution in [0.15, 0.2) is 60.8 Å². The van der Waals surface area contributed by atoms with Gasteiger partial charge in [0, 0.05) is 38.4 Å². The third-order valence-electron chi connectivity index (χ3n) is 10.5. The Hall–Kier alpha value is -6.18. The zero-order valence-corrected chi connectivity index (χ0v) is 32.9. The molecule has 2 aromatic heterocycles. The number of ether oxygens (including phenoxy) is 4. The summed E-state index contributed by atoms with van der Waals surface area (Å²) in [6, 6.07) is 10.9. The summed E-state index contributed by atoms with van der Waals surface area (Å²) in [5.41, 5.74) is 5.68. The molecule has 0 unspecified atom stereocenters. The van der Waals surface area contributed by atoms with Gasteiger partial charge >= 0.3 is 12.2 Å². The summed E-state index contributed by atoms with van der Waals surface area (Å²) in [6.07, 6.45) is 1.17. The number of methoxy groups -OCH3 is 4.